The van der Waals surface area contributed by atoms with Gasteiger partial charge in [-0.2, -0.15) is 0 Å². The first-order chi connectivity index (χ1) is 13.1. The second-order valence-electron chi connectivity index (χ2n) is 7.53. The first-order valence-electron chi connectivity index (χ1n) is 10.1. The van der Waals surface area contributed by atoms with Gasteiger partial charge in [0.15, 0.2) is 0 Å². The molecule has 1 aromatic rings. The molecule has 1 atom stereocenters. The molecule has 1 saturated carbocycles. The summed E-state index contributed by atoms with van der Waals surface area (Å²) in [7, 11) is 0. The number of hydrogen-bond acceptors (Lipinski definition) is 3. The number of hydrogen-bond donors (Lipinski definition) is 2. The third-order valence-electron chi connectivity index (χ3n) is 5.39. The Morgan fingerprint density at radius 3 is 2.63 bits per heavy atom. The summed E-state index contributed by atoms with van der Waals surface area (Å²) >= 11 is 0. The van der Waals surface area contributed by atoms with Crippen molar-refractivity contribution in [2.45, 2.75) is 70.4 Å². The highest BCUT2D eigenvalue weighted by Crippen LogP contribution is 2.23. The van der Waals surface area contributed by atoms with Gasteiger partial charge in [0.1, 0.15) is 6.04 Å². The van der Waals surface area contributed by atoms with Gasteiger partial charge >= 0.3 is 0 Å². The van der Waals surface area contributed by atoms with E-state index in [1.807, 2.05) is 6.92 Å². The van der Waals surface area contributed by atoms with E-state index < -0.39 is 6.04 Å². The second kappa shape index (κ2) is 9.02. The van der Waals surface area contributed by atoms with Crippen LogP contribution < -0.4 is 10.6 Å². The lowest BCUT2D eigenvalue weighted by molar-refractivity contribution is -0.125. The molecular formula is C21H29N3O3. The molecule has 2 fully saturated rings. The van der Waals surface area contributed by atoms with Crippen molar-refractivity contribution >= 4 is 23.4 Å². The Kier molecular flexibility index (Phi) is 6.48. The van der Waals surface area contributed by atoms with Gasteiger partial charge in [-0.25, -0.2) is 0 Å². The van der Waals surface area contributed by atoms with Gasteiger partial charge in [0.2, 0.25) is 11.8 Å². The molecule has 3 amide bonds. The Morgan fingerprint density at radius 1 is 1.11 bits per heavy atom. The van der Waals surface area contributed by atoms with Crippen LogP contribution in [0.2, 0.25) is 0 Å². The largest absolute Gasteiger partial charge is 0.352 e. The summed E-state index contributed by atoms with van der Waals surface area (Å²) in [5, 5.41) is 5.94. The highest BCUT2D eigenvalue weighted by molar-refractivity contribution is 5.99. The molecule has 1 heterocycles. The van der Waals surface area contributed by atoms with Crippen molar-refractivity contribution in [3.8, 4) is 0 Å². The number of nitrogens with zero attached hydrogens (tertiary/aromatic N) is 1. The summed E-state index contributed by atoms with van der Waals surface area (Å²) in [5.74, 6) is -0.233. The van der Waals surface area contributed by atoms with Gasteiger partial charge in [0.05, 0.1) is 0 Å². The number of carbonyl (C=O) groups is 3. The molecule has 2 aliphatic rings. The lowest BCUT2D eigenvalue weighted by Crippen LogP contribution is -2.48. The summed E-state index contributed by atoms with van der Waals surface area (Å²) in [4.78, 5) is 39.1. The molecule has 1 aliphatic heterocycles. The zero-order valence-electron chi connectivity index (χ0n) is 16.0. The summed E-state index contributed by atoms with van der Waals surface area (Å²) in [6, 6.07) is 6.84. The molecule has 1 saturated heterocycles. The predicted octanol–water partition coefficient (Wildman–Crippen LogP) is 3.09. The van der Waals surface area contributed by atoms with E-state index in [-0.39, 0.29) is 23.8 Å². The third kappa shape index (κ3) is 4.87. The van der Waals surface area contributed by atoms with Crippen molar-refractivity contribution in [2.24, 2.45) is 0 Å². The van der Waals surface area contributed by atoms with E-state index in [1.165, 1.54) is 0 Å². The van der Waals surface area contributed by atoms with Crippen LogP contribution in [-0.2, 0) is 9.59 Å². The van der Waals surface area contributed by atoms with E-state index in [0.717, 1.165) is 38.5 Å². The standard InChI is InChI=1S/C21H29N3O3/c1-2-7-19(25)22-17-11-5-8-15(14-17)21(27)24-13-6-12-18(24)20(26)23-16-9-3-4-10-16/h5,8,11,14,16,18H,2-4,6-7,9-10,12-13H2,1H3,(H,22,25)(H,23,26). The Bertz CT molecular complexity index is 698. The molecule has 6 nitrogen and oxygen atoms in total. The molecule has 1 unspecified atom stereocenters. The van der Waals surface area contributed by atoms with Crippen LogP contribution in [0.1, 0.15) is 68.6 Å². The molecule has 27 heavy (non-hydrogen) atoms. The van der Waals surface area contributed by atoms with E-state index >= 15 is 0 Å². The number of anilines is 1. The van der Waals surface area contributed by atoms with Crippen molar-refractivity contribution in [1.82, 2.24) is 10.2 Å². The number of nitrogens with one attached hydrogen (secondary N) is 2. The van der Waals surface area contributed by atoms with Crippen molar-refractivity contribution in [3.63, 3.8) is 0 Å². The SMILES string of the molecule is CCCC(=O)Nc1cccc(C(=O)N2CCCC2C(=O)NC2CCCC2)c1. The molecule has 0 radical (unpaired) electrons. The summed E-state index contributed by atoms with van der Waals surface area (Å²) < 4.78 is 0. The van der Waals surface area contributed by atoms with E-state index in [9.17, 15) is 14.4 Å². The maximum atomic E-state index is 13.0. The van der Waals surface area contributed by atoms with E-state index in [2.05, 4.69) is 10.6 Å². The first kappa shape index (κ1) is 19.4. The van der Waals surface area contributed by atoms with E-state index in [0.29, 0.717) is 30.6 Å². The van der Waals surface area contributed by atoms with Crippen molar-refractivity contribution in [3.05, 3.63) is 29.8 Å². The molecule has 0 bridgehead atoms. The minimum absolute atomic E-state index is 0.0276. The number of rotatable bonds is 6. The van der Waals surface area contributed by atoms with Gasteiger partial charge in [-0.3, -0.25) is 14.4 Å². The Labute approximate surface area is 160 Å². The van der Waals surface area contributed by atoms with E-state index in [4.69, 9.17) is 0 Å². The minimum atomic E-state index is -0.392. The number of likely N-dealkylation sites (tertiary alicyclic amines) is 1. The number of amides is 3. The van der Waals surface area contributed by atoms with Crippen LogP contribution in [0.25, 0.3) is 0 Å². The van der Waals surface area contributed by atoms with Gasteiger partial charge in [-0.1, -0.05) is 25.8 Å². The van der Waals surface area contributed by atoms with Crippen molar-refractivity contribution in [2.75, 3.05) is 11.9 Å². The summed E-state index contributed by atoms with van der Waals surface area (Å²) in [6.45, 7) is 2.54. The topological polar surface area (TPSA) is 78.5 Å². The average molecular weight is 371 g/mol. The predicted molar refractivity (Wildman–Crippen MR) is 104 cm³/mol. The van der Waals surface area contributed by atoms with Gasteiger partial charge in [-0.05, 0) is 50.3 Å². The molecule has 0 aromatic heterocycles. The van der Waals surface area contributed by atoms with Crippen LogP contribution in [0.5, 0.6) is 0 Å². The fraction of sp³-hybridized carbons (Fsp3) is 0.571. The third-order valence-corrected chi connectivity index (χ3v) is 5.39. The van der Waals surface area contributed by atoms with Crippen LogP contribution in [0, 0.1) is 0 Å². The fourth-order valence-electron chi connectivity index (χ4n) is 4.00. The van der Waals surface area contributed by atoms with Crippen LogP contribution >= 0.6 is 0 Å². The van der Waals surface area contributed by atoms with Crippen LogP contribution in [-0.4, -0.2) is 41.2 Å². The highest BCUT2D eigenvalue weighted by Gasteiger charge is 2.35. The molecule has 1 aliphatic carbocycles. The quantitative estimate of drug-likeness (QED) is 0.806. The Morgan fingerprint density at radius 2 is 1.89 bits per heavy atom. The molecule has 3 rings (SSSR count). The van der Waals surface area contributed by atoms with Gasteiger partial charge in [0, 0.05) is 30.3 Å². The maximum absolute atomic E-state index is 13.0. The van der Waals surface area contributed by atoms with Crippen LogP contribution in [0.15, 0.2) is 24.3 Å². The highest BCUT2D eigenvalue weighted by atomic mass is 16.2. The lowest BCUT2D eigenvalue weighted by Gasteiger charge is -2.25. The second-order valence-corrected chi connectivity index (χ2v) is 7.53. The molecule has 6 heteroatoms. The summed E-state index contributed by atoms with van der Waals surface area (Å²) in [5.41, 5.74) is 1.12. The fourth-order valence-corrected chi connectivity index (χ4v) is 4.00. The van der Waals surface area contributed by atoms with Crippen LogP contribution in [0.4, 0.5) is 5.69 Å². The zero-order chi connectivity index (χ0) is 19.2. The van der Waals surface area contributed by atoms with Crippen LogP contribution in [0.3, 0.4) is 0 Å². The average Bonchev–Trinajstić information content (AvgIpc) is 3.33. The maximum Gasteiger partial charge on any atom is 0.254 e. The van der Waals surface area contributed by atoms with Gasteiger partial charge in [-0.15, -0.1) is 0 Å². The zero-order valence-corrected chi connectivity index (χ0v) is 16.0. The number of benzene rings is 1. The normalized spacial score (nSPS) is 19.9. The molecular weight excluding hydrogens is 342 g/mol. The minimum Gasteiger partial charge on any atom is -0.352 e. The van der Waals surface area contributed by atoms with Crippen molar-refractivity contribution < 1.29 is 14.4 Å². The molecule has 2 N–H and O–H groups in total. The molecule has 1 aromatic carbocycles. The Hall–Kier alpha value is -2.37. The molecule has 146 valence electrons. The van der Waals surface area contributed by atoms with E-state index in [1.54, 1.807) is 29.2 Å². The smallest absolute Gasteiger partial charge is 0.254 e. The first-order valence-corrected chi connectivity index (χ1v) is 10.1. The van der Waals surface area contributed by atoms with Gasteiger partial charge in [0.25, 0.3) is 5.91 Å². The number of carbonyl (C=O) groups excluding carboxylic acids is 3. The van der Waals surface area contributed by atoms with Gasteiger partial charge < -0.3 is 15.5 Å². The Balaban J connectivity index is 1.66. The molecule has 0 spiro atoms. The monoisotopic (exact) mass is 371 g/mol. The van der Waals surface area contributed by atoms with Crippen molar-refractivity contribution in [1.29, 1.82) is 0 Å². The summed E-state index contributed by atoms with van der Waals surface area (Å²) in [6.07, 6.45) is 7.16. The lowest BCUT2D eigenvalue weighted by atomic mass is 10.1.